The van der Waals surface area contributed by atoms with Crippen molar-refractivity contribution in [3.05, 3.63) is 41.1 Å². The second-order valence-electron chi connectivity index (χ2n) is 6.68. The maximum absolute atomic E-state index is 13.4. The number of Topliss-reactive ketones (excluding diaryl/α,β-unsaturated/α-hetero) is 1. The lowest BCUT2D eigenvalue weighted by molar-refractivity contribution is -0.149. The van der Waals surface area contributed by atoms with Crippen LogP contribution in [-0.4, -0.2) is 62.2 Å². The zero-order chi connectivity index (χ0) is 21.1. The van der Waals surface area contributed by atoms with Gasteiger partial charge in [0.1, 0.15) is 0 Å². The summed E-state index contributed by atoms with van der Waals surface area (Å²) in [5.41, 5.74) is 0.102. The number of nitrogens with zero attached hydrogens (tertiary/aromatic N) is 2. The van der Waals surface area contributed by atoms with Crippen molar-refractivity contribution in [1.82, 2.24) is 9.21 Å². The van der Waals surface area contributed by atoms with Gasteiger partial charge in [0, 0.05) is 43.4 Å². The molecule has 2 atom stereocenters. The summed E-state index contributed by atoms with van der Waals surface area (Å²) in [6.07, 6.45) is 1.86. The minimum absolute atomic E-state index is 0.00109. The summed E-state index contributed by atoms with van der Waals surface area (Å²) in [5.74, 6) is -1.03. The van der Waals surface area contributed by atoms with Gasteiger partial charge in [-0.05, 0) is 37.6 Å². The molecule has 1 aromatic carbocycles. The Labute approximate surface area is 171 Å². The Bertz CT molecular complexity index is 865. The van der Waals surface area contributed by atoms with Crippen molar-refractivity contribution in [2.45, 2.75) is 43.7 Å². The first-order valence-electron chi connectivity index (χ1n) is 9.00. The molecular weight excluding hydrogens is 404 g/mol. The highest BCUT2D eigenvalue weighted by atomic mass is 35.5. The van der Waals surface area contributed by atoms with Crippen LogP contribution in [0.25, 0.3) is 0 Å². The van der Waals surface area contributed by atoms with E-state index >= 15 is 0 Å². The van der Waals surface area contributed by atoms with Gasteiger partial charge in [0.2, 0.25) is 10.0 Å². The molecule has 0 aromatic heterocycles. The summed E-state index contributed by atoms with van der Waals surface area (Å²) in [5, 5.41) is 0.398. The van der Waals surface area contributed by atoms with Gasteiger partial charge in [-0.25, -0.2) is 13.2 Å². The van der Waals surface area contributed by atoms with E-state index in [1.165, 1.54) is 30.5 Å². The quantitative estimate of drug-likeness (QED) is 0.511. The second kappa shape index (κ2) is 9.07. The number of sulfonamides is 1. The van der Waals surface area contributed by atoms with Crippen molar-refractivity contribution in [2.24, 2.45) is 0 Å². The number of ether oxygens (including phenoxy) is 1. The SMILES string of the molecule is CCOC(=O)C1/C(=C/N(C)C)C(=O)CC(CC)N1S(=O)(=O)c1ccc(Cl)cc1. The van der Waals surface area contributed by atoms with Crippen molar-refractivity contribution in [3.63, 3.8) is 0 Å². The van der Waals surface area contributed by atoms with E-state index in [1.54, 1.807) is 32.8 Å². The number of esters is 1. The number of ketones is 1. The first-order valence-corrected chi connectivity index (χ1v) is 10.8. The first-order chi connectivity index (χ1) is 13.1. The summed E-state index contributed by atoms with van der Waals surface area (Å²) >= 11 is 5.88. The van der Waals surface area contributed by atoms with Crippen LogP contribution >= 0.6 is 11.6 Å². The Morgan fingerprint density at radius 2 is 1.89 bits per heavy atom. The predicted octanol–water partition coefficient (Wildman–Crippen LogP) is 2.46. The second-order valence-corrected chi connectivity index (χ2v) is 8.96. The number of hydrogen-bond donors (Lipinski definition) is 0. The maximum atomic E-state index is 13.4. The smallest absolute Gasteiger partial charge is 0.329 e. The topological polar surface area (TPSA) is 84.0 Å². The van der Waals surface area contributed by atoms with Crippen molar-refractivity contribution < 1.29 is 22.7 Å². The molecule has 1 aliphatic rings. The fourth-order valence-electron chi connectivity index (χ4n) is 3.18. The van der Waals surface area contributed by atoms with E-state index in [-0.39, 0.29) is 29.3 Å². The molecule has 1 fully saturated rings. The molecule has 1 aliphatic heterocycles. The number of piperidine rings is 1. The average Bonchev–Trinajstić information content (AvgIpc) is 2.62. The molecule has 2 unspecified atom stereocenters. The fourth-order valence-corrected chi connectivity index (χ4v) is 5.13. The molecule has 0 spiro atoms. The van der Waals surface area contributed by atoms with Crippen LogP contribution in [-0.2, 0) is 24.3 Å². The lowest BCUT2D eigenvalue weighted by atomic mass is 9.91. The third-order valence-electron chi connectivity index (χ3n) is 4.42. The van der Waals surface area contributed by atoms with Crippen LogP contribution in [0, 0.1) is 0 Å². The summed E-state index contributed by atoms with van der Waals surface area (Å²) in [6, 6.07) is 3.73. The lowest BCUT2D eigenvalue weighted by Gasteiger charge is -2.40. The molecule has 2 rings (SSSR count). The molecule has 1 aromatic rings. The molecular formula is C19H25ClN2O5S. The van der Waals surface area contributed by atoms with E-state index in [2.05, 4.69) is 0 Å². The lowest BCUT2D eigenvalue weighted by Crippen LogP contribution is -2.57. The molecule has 0 saturated carbocycles. The maximum Gasteiger partial charge on any atom is 0.329 e. The molecule has 7 nitrogen and oxygen atoms in total. The fraction of sp³-hybridized carbons (Fsp3) is 0.474. The molecule has 0 aliphatic carbocycles. The van der Waals surface area contributed by atoms with E-state index in [4.69, 9.17) is 16.3 Å². The van der Waals surface area contributed by atoms with Crippen LogP contribution in [0.3, 0.4) is 0 Å². The number of rotatable bonds is 6. The minimum Gasteiger partial charge on any atom is -0.465 e. The highest BCUT2D eigenvalue weighted by Gasteiger charge is 2.49. The normalized spacial score (nSPS) is 22.3. The van der Waals surface area contributed by atoms with Crippen LogP contribution in [0.5, 0.6) is 0 Å². The van der Waals surface area contributed by atoms with E-state index in [9.17, 15) is 18.0 Å². The van der Waals surface area contributed by atoms with E-state index < -0.39 is 28.1 Å². The first kappa shape index (κ1) is 22.4. The summed E-state index contributed by atoms with van der Waals surface area (Å²) < 4.78 is 33.1. The van der Waals surface area contributed by atoms with Gasteiger partial charge in [-0.3, -0.25) is 4.79 Å². The van der Waals surface area contributed by atoms with Crippen LogP contribution in [0.4, 0.5) is 0 Å². The van der Waals surface area contributed by atoms with Crippen LogP contribution in [0.2, 0.25) is 5.02 Å². The number of carbonyl (C=O) groups excluding carboxylic acids is 2. The van der Waals surface area contributed by atoms with Gasteiger partial charge < -0.3 is 9.64 Å². The Hall–Kier alpha value is -1.90. The zero-order valence-corrected chi connectivity index (χ0v) is 18.0. The highest BCUT2D eigenvalue weighted by Crippen LogP contribution is 2.34. The molecule has 1 saturated heterocycles. The number of carbonyl (C=O) groups is 2. The van der Waals surface area contributed by atoms with Gasteiger partial charge in [0.15, 0.2) is 11.8 Å². The Morgan fingerprint density at radius 1 is 1.29 bits per heavy atom. The van der Waals surface area contributed by atoms with Crippen molar-refractivity contribution in [1.29, 1.82) is 0 Å². The van der Waals surface area contributed by atoms with E-state index in [0.29, 0.717) is 11.4 Å². The van der Waals surface area contributed by atoms with Crippen LogP contribution in [0.1, 0.15) is 26.7 Å². The van der Waals surface area contributed by atoms with Gasteiger partial charge in [-0.2, -0.15) is 4.31 Å². The number of benzene rings is 1. The van der Waals surface area contributed by atoms with Gasteiger partial charge >= 0.3 is 5.97 Å². The molecule has 0 N–H and O–H groups in total. The van der Waals surface area contributed by atoms with Crippen LogP contribution < -0.4 is 0 Å². The van der Waals surface area contributed by atoms with Gasteiger partial charge in [0.05, 0.1) is 11.5 Å². The number of hydrogen-bond acceptors (Lipinski definition) is 6. The third-order valence-corrected chi connectivity index (χ3v) is 6.60. The number of halogens is 1. The molecule has 0 bridgehead atoms. The average molecular weight is 429 g/mol. The predicted molar refractivity (Wildman–Crippen MR) is 106 cm³/mol. The summed E-state index contributed by atoms with van der Waals surface area (Å²) in [6.45, 7) is 3.49. The van der Waals surface area contributed by atoms with Crippen molar-refractivity contribution in [2.75, 3.05) is 20.7 Å². The van der Waals surface area contributed by atoms with Gasteiger partial charge in [-0.1, -0.05) is 18.5 Å². The minimum atomic E-state index is -4.08. The van der Waals surface area contributed by atoms with Gasteiger partial charge in [-0.15, -0.1) is 0 Å². The highest BCUT2D eigenvalue weighted by molar-refractivity contribution is 7.89. The molecule has 154 valence electrons. The molecule has 0 radical (unpaired) electrons. The van der Waals surface area contributed by atoms with Crippen molar-refractivity contribution >= 4 is 33.4 Å². The Balaban J connectivity index is 2.67. The van der Waals surface area contributed by atoms with Crippen LogP contribution in [0.15, 0.2) is 40.9 Å². The monoisotopic (exact) mass is 428 g/mol. The molecule has 1 heterocycles. The zero-order valence-electron chi connectivity index (χ0n) is 16.4. The van der Waals surface area contributed by atoms with E-state index in [0.717, 1.165) is 4.31 Å². The van der Waals surface area contributed by atoms with Crippen molar-refractivity contribution in [3.8, 4) is 0 Å². The summed E-state index contributed by atoms with van der Waals surface area (Å²) in [4.78, 5) is 27.1. The van der Waals surface area contributed by atoms with E-state index in [1.807, 2.05) is 0 Å². The third kappa shape index (κ3) is 4.56. The molecule has 28 heavy (non-hydrogen) atoms. The Kier molecular flexibility index (Phi) is 7.25. The standard InChI is InChI=1S/C19H25ClN2O5S/c1-5-14-11-17(23)16(12-21(3)4)18(19(24)27-6-2)22(14)28(25,26)15-9-7-13(20)8-10-15/h7-10,12,14,18H,5-6,11H2,1-4H3/b16-12+. The van der Waals surface area contributed by atoms with Gasteiger partial charge in [0.25, 0.3) is 0 Å². The molecule has 0 amide bonds. The Morgan fingerprint density at radius 3 is 2.39 bits per heavy atom. The largest absolute Gasteiger partial charge is 0.465 e. The summed E-state index contributed by atoms with van der Waals surface area (Å²) in [7, 11) is -0.681. The molecule has 9 heteroatoms.